The van der Waals surface area contributed by atoms with Crippen LogP contribution >= 0.6 is 11.6 Å². The molecule has 0 aliphatic heterocycles. The van der Waals surface area contributed by atoms with Crippen LogP contribution in [0.3, 0.4) is 0 Å². The third-order valence-electron chi connectivity index (χ3n) is 3.43. The van der Waals surface area contributed by atoms with Crippen molar-refractivity contribution < 1.29 is 15.0 Å². The summed E-state index contributed by atoms with van der Waals surface area (Å²) >= 11 is 5.99. The molecule has 1 fully saturated rings. The topological polar surface area (TPSA) is 82.5 Å². The standard InChI is InChI=1S/C13H17ClN2O3/c14-11-10(13(18)19)4-5-15-12(11)16-7-8-2-1-3-9(17)6-8/h4-5,8-9,17H,1-3,6-7H2,(H,15,16)(H,18,19). The van der Waals surface area contributed by atoms with Crippen molar-refractivity contribution in [3.63, 3.8) is 0 Å². The van der Waals surface area contributed by atoms with Crippen LogP contribution in [-0.4, -0.2) is 33.8 Å². The Hall–Kier alpha value is -1.33. The monoisotopic (exact) mass is 284 g/mol. The molecule has 0 spiro atoms. The first kappa shape index (κ1) is 14.1. The minimum atomic E-state index is -1.07. The number of carboxylic acid groups (broad SMARTS) is 1. The number of pyridine rings is 1. The van der Waals surface area contributed by atoms with E-state index in [0.717, 1.165) is 25.7 Å². The third-order valence-corrected chi connectivity index (χ3v) is 3.82. The summed E-state index contributed by atoms with van der Waals surface area (Å²) in [6.45, 7) is 0.646. The number of carboxylic acids is 1. The average molecular weight is 285 g/mol. The van der Waals surface area contributed by atoms with Gasteiger partial charge < -0.3 is 15.5 Å². The first-order valence-corrected chi connectivity index (χ1v) is 6.75. The highest BCUT2D eigenvalue weighted by Gasteiger charge is 2.21. The number of rotatable bonds is 4. The van der Waals surface area contributed by atoms with Gasteiger partial charge in [0.15, 0.2) is 0 Å². The van der Waals surface area contributed by atoms with Crippen molar-refractivity contribution in [1.29, 1.82) is 0 Å². The lowest BCUT2D eigenvalue weighted by Gasteiger charge is -2.26. The fraction of sp³-hybridized carbons (Fsp3) is 0.538. The van der Waals surface area contributed by atoms with Crippen LogP contribution in [0.4, 0.5) is 5.82 Å². The van der Waals surface area contributed by atoms with Gasteiger partial charge in [-0.3, -0.25) is 0 Å². The molecule has 6 heteroatoms. The fourth-order valence-electron chi connectivity index (χ4n) is 2.42. The zero-order chi connectivity index (χ0) is 13.8. The maximum atomic E-state index is 10.9. The summed E-state index contributed by atoms with van der Waals surface area (Å²) in [5, 5.41) is 21.8. The lowest BCUT2D eigenvalue weighted by Crippen LogP contribution is -2.25. The molecule has 2 rings (SSSR count). The van der Waals surface area contributed by atoms with Crippen molar-refractivity contribution in [3.05, 3.63) is 22.8 Å². The second-order valence-corrected chi connectivity index (χ2v) is 5.27. The SMILES string of the molecule is O=C(O)c1ccnc(NCC2CCCC(O)C2)c1Cl. The number of aliphatic hydroxyl groups is 1. The summed E-state index contributed by atoms with van der Waals surface area (Å²) in [4.78, 5) is 15.0. The summed E-state index contributed by atoms with van der Waals surface area (Å²) in [7, 11) is 0. The zero-order valence-electron chi connectivity index (χ0n) is 10.5. The Bertz CT molecular complexity index is 467. The van der Waals surface area contributed by atoms with E-state index >= 15 is 0 Å². The molecule has 1 saturated carbocycles. The number of halogens is 1. The Morgan fingerprint density at radius 1 is 1.53 bits per heavy atom. The Kier molecular flexibility index (Phi) is 4.61. The van der Waals surface area contributed by atoms with Gasteiger partial charge in [-0.05, 0) is 31.2 Å². The minimum Gasteiger partial charge on any atom is -0.478 e. The number of aromatic nitrogens is 1. The first-order chi connectivity index (χ1) is 9.08. The quantitative estimate of drug-likeness (QED) is 0.791. The van der Waals surface area contributed by atoms with Crippen LogP contribution < -0.4 is 5.32 Å². The lowest BCUT2D eigenvalue weighted by molar-refractivity contribution is 0.0697. The predicted molar refractivity (Wildman–Crippen MR) is 72.7 cm³/mol. The van der Waals surface area contributed by atoms with E-state index in [1.54, 1.807) is 0 Å². The molecule has 0 bridgehead atoms. The molecule has 2 unspecified atom stereocenters. The van der Waals surface area contributed by atoms with E-state index in [2.05, 4.69) is 10.3 Å². The highest BCUT2D eigenvalue weighted by atomic mass is 35.5. The van der Waals surface area contributed by atoms with Gasteiger partial charge in [-0.25, -0.2) is 9.78 Å². The lowest BCUT2D eigenvalue weighted by atomic mass is 9.87. The highest BCUT2D eigenvalue weighted by molar-refractivity contribution is 6.35. The van der Waals surface area contributed by atoms with Crippen LogP contribution in [0.15, 0.2) is 12.3 Å². The van der Waals surface area contributed by atoms with E-state index in [4.69, 9.17) is 16.7 Å². The molecule has 1 heterocycles. The first-order valence-electron chi connectivity index (χ1n) is 6.37. The zero-order valence-corrected chi connectivity index (χ0v) is 11.2. The fourth-order valence-corrected chi connectivity index (χ4v) is 2.68. The Balaban J connectivity index is 1.99. The number of anilines is 1. The second-order valence-electron chi connectivity index (χ2n) is 4.89. The van der Waals surface area contributed by atoms with E-state index in [-0.39, 0.29) is 16.7 Å². The Labute approximate surface area is 116 Å². The summed E-state index contributed by atoms with van der Waals surface area (Å²) in [6.07, 6.45) is 4.90. The molecule has 19 heavy (non-hydrogen) atoms. The molecule has 1 aliphatic carbocycles. The molecule has 1 aromatic rings. The predicted octanol–water partition coefficient (Wildman–Crippen LogP) is 2.40. The molecule has 5 nitrogen and oxygen atoms in total. The van der Waals surface area contributed by atoms with Crippen molar-refractivity contribution in [1.82, 2.24) is 4.98 Å². The van der Waals surface area contributed by atoms with Crippen LogP contribution in [0.2, 0.25) is 5.02 Å². The van der Waals surface area contributed by atoms with Crippen molar-refractivity contribution in [2.75, 3.05) is 11.9 Å². The summed E-state index contributed by atoms with van der Waals surface area (Å²) in [5.41, 5.74) is 0.0443. The van der Waals surface area contributed by atoms with Gasteiger partial charge in [-0.2, -0.15) is 0 Å². The third kappa shape index (κ3) is 3.58. The molecule has 104 valence electrons. The van der Waals surface area contributed by atoms with Crippen molar-refractivity contribution in [2.24, 2.45) is 5.92 Å². The van der Waals surface area contributed by atoms with Gasteiger partial charge in [0.25, 0.3) is 0 Å². The van der Waals surface area contributed by atoms with Crippen LogP contribution in [0.25, 0.3) is 0 Å². The van der Waals surface area contributed by atoms with E-state index in [0.29, 0.717) is 18.3 Å². The molecule has 0 radical (unpaired) electrons. The van der Waals surface area contributed by atoms with Gasteiger partial charge in [0.05, 0.1) is 16.7 Å². The van der Waals surface area contributed by atoms with Crippen LogP contribution in [0.5, 0.6) is 0 Å². The van der Waals surface area contributed by atoms with Crippen molar-refractivity contribution >= 4 is 23.4 Å². The maximum absolute atomic E-state index is 10.9. The number of nitrogens with one attached hydrogen (secondary N) is 1. The van der Waals surface area contributed by atoms with Crippen LogP contribution in [0.1, 0.15) is 36.0 Å². The van der Waals surface area contributed by atoms with Gasteiger partial charge in [-0.1, -0.05) is 18.0 Å². The average Bonchev–Trinajstić information content (AvgIpc) is 2.37. The van der Waals surface area contributed by atoms with Gasteiger partial charge in [-0.15, -0.1) is 0 Å². The summed E-state index contributed by atoms with van der Waals surface area (Å²) < 4.78 is 0. The Morgan fingerprint density at radius 3 is 3.00 bits per heavy atom. The van der Waals surface area contributed by atoms with Gasteiger partial charge in [0, 0.05) is 12.7 Å². The molecular formula is C13H17ClN2O3. The number of hydrogen-bond acceptors (Lipinski definition) is 4. The normalized spacial score (nSPS) is 23.1. The van der Waals surface area contributed by atoms with E-state index < -0.39 is 5.97 Å². The molecular weight excluding hydrogens is 268 g/mol. The van der Waals surface area contributed by atoms with E-state index in [1.165, 1.54) is 12.3 Å². The number of aliphatic hydroxyl groups excluding tert-OH is 1. The molecule has 3 N–H and O–H groups in total. The van der Waals surface area contributed by atoms with Gasteiger partial charge >= 0.3 is 5.97 Å². The van der Waals surface area contributed by atoms with Crippen LogP contribution in [0, 0.1) is 5.92 Å². The maximum Gasteiger partial charge on any atom is 0.337 e. The minimum absolute atomic E-state index is 0.0443. The summed E-state index contributed by atoms with van der Waals surface area (Å²) in [6, 6.07) is 1.38. The number of aromatic carboxylic acids is 1. The summed E-state index contributed by atoms with van der Waals surface area (Å²) in [5.74, 6) is -0.305. The van der Waals surface area contributed by atoms with Crippen molar-refractivity contribution in [2.45, 2.75) is 31.8 Å². The number of hydrogen-bond donors (Lipinski definition) is 3. The highest BCUT2D eigenvalue weighted by Crippen LogP contribution is 2.27. The molecule has 1 aromatic heterocycles. The van der Waals surface area contributed by atoms with Gasteiger partial charge in [0.1, 0.15) is 5.82 Å². The molecule has 0 aromatic carbocycles. The second kappa shape index (κ2) is 6.21. The molecule has 2 atom stereocenters. The number of nitrogens with zero attached hydrogens (tertiary/aromatic N) is 1. The van der Waals surface area contributed by atoms with E-state index in [9.17, 15) is 9.90 Å². The molecule has 0 saturated heterocycles. The number of carbonyl (C=O) groups is 1. The molecule has 0 amide bonds. The van der Waals surface area contributed by atoms with Crippen molar-refractivity contribution in [3.8, 4) is 0 Å². The van der Waals surface area contributed by atoms with Crippen LogP contribution in [-0.2, 0) is 0 Å². The van der Waals surface area contributed by atoms with E-state index in [1.807, 2.05) is 0 Å². The van der Waals surface area contributed by atoms with Gasteiger partial charge in [0.2, 0.25) is 0 Å². The largest absolute Gasteiger partial charge is 0.478 e. The molecule has 1 aliphatic rings. The smallest absolute Gasteiger partial charge is 0.337 e. The Morgan fingerprint density at radius 2 is 2.32 bits per heavy atom.